The van der Waals surface area contributed by atoms with E-state index in [0.717, 1.165) is 6.08 Å². The fourth-order valence-corrected chi connectivity index (χ4v) is 0.830. The fraction of sp³-hybridized carbons (Fsp3) is 0.188. The maximum absolute atomic E-state index is 10.2. The molecular weight excluding hydrogens is 390 g/mol. The van der Waals surface area contributed by atoms with Crippen LogP contribution in [0.25, 0.3) is 0 Å². The van der Waals surface area contributed by atoms with E-state index in [1.807, 2.05) is 6.92 Å². The molecule has 1 aromatic rings. The number of hydrogen-bond acceptors (Lipinski definition) is 3. The number of benzene rings is 1. The molecule has 1 aromatic carbocycles. The number of rotatable bonds is 4. The molecule has 0 heterocycles. The van der Waals surface area contributed by atoms with Crippen molar-refractivity contribution in [1.29, 1.82) is 0 Å². The van der Waals surface area contributed by atoms with Gasteiger partial charge in [0.1, 0.15) is 0 Å². The number of carboxylic acids is 3. The van der Waals surface area contributed by atoms with Crippen LogP contribution in [0.15, 0.2) is 54.6 Å². The smallest absolute Gasteiger partial charge is 1.00 e. The first-order chi connectivity index (χ1) is 10.3. The summed E-state index contributed by atoms with van der Waals surface area (Å²) in [6, 6.07) is 8.30. The summed E-state index contributed by atoms with van der Waals surface area (Å²) in [5.74, 6) is -2.54. The molecule has 0 atom stereocenters. The van der Waals surface area contributed by atoms with Gasteiger partial charge in [0.25, 0.3) is 0 Å². The van der Waals surface area contributed by atoms with Crippen LogP contribution in [0.3, 0.4) is 0 Å². The van der Waals surface area contributed by atoms with Crippen LogP contribution >= 0.6 is 0 Å². The van der Waals surface area contributed by atoms with E-state index < -0.39 is 17.9 Å². The number of hydrogen-bond donors (Lipinski definition) is 3. The molecule has 0 spiro atoms. The zero-order valence-corrected chi connectivity index (χ0v) is 22.5. The molecule has 6 nitrogen and oxygen atoms in total. The molecule has 0 saturated heterocycles. The van der Waals surface area contributed by atoms with Crippen LogP contribution in [0, 0.1) is 0 Å². The van der Waals surface area contributed by atoms with Crippen LogP contribution in [-0.4, -0.2) is 71.0 Å². The van der Waals surface area contributed by atoms with Crippen molar-refractivity contribution in [3.05, 3.63) is 60.2 Å². The zero-order chi connectivity index (χ0) is 17.4. The van der Waals surface area contributed by atoms with Crippen molar-refractivity contribution < 1.29 is 116 Å². The number of carboxylic acid groups (broad SMARTS) is 3. The minimum Gasteiger partial charge on any atom is -1.00 e. The van der Waals surface area contributed by atoms with Gasteiger partial charge in [-0.15, -0.1) is 0 Å². The van der Waals surface area contributed by atoms with E-state index in [1.54, 1.807) is 49.4 Å². The molecule has 0 radical (unpaired) electrons. The third-order valence-corrected chi connectivity index (χ3v) is 1.87. The van der Waals surface area contributed by atoms with E-state index in [0.29, 0.717) is 5.56 Å². The second-order valence-corrected chi connectivity index (χ2v) is 3.64. The van der Waals surface area contributed by atoms with Crippen LogP contribution < -0.4 is 80.9 Å². The van der Waals surface area contributed by atoms with Gasteiger partial charge in [0.15, 0.2) is 0 Å². The van der Waals surface area contributed by atoms with Gasteiger partial charge in [-0.2, -0.15) is 0 Å². The first-order valence-corrected chi connectivity index (χ1v) is 6.37. The Morgan fingerprint density at radius 1 is 1.04 bits per heavy atom. The Morgan fingerprint density at radius 3 is 1.72 bits per heavy atom. The third-order valence-electron chi connectivity index (χ3n) is 1.87. The fourth-order valence-electron chi connectivity index (χ4n) is 0.830. The van der Waals surface area contributed by atoms with E-state index in [2.05, 4.69) is 0 Å². The maximum atomic E-state index is 10.2. The Labute approximate surface area is 248 Å². The zero-order valence-electron chi connectivity index (χ0n) is 19.2. The summed E-state index contributed by atoms with van der Waals surface area (Å²) in [7, 11) is 0. The molecule has 0 aliphatic heterocycles. The van der Waals surface area contributed by atoms with Crippen LogP contribution in [0.2, 0.25) is 0 Å². The summed E-state index contributed by atoms with van der Waals surface area (Å²) in [6.07, 6.45) is 6.20. The summed E-state index contributed by atoms with van der Waals surface area (Å²) in [6.45, 7) is 3.43. The topological polar surface area (TPSA) is 112 Å². The van der Waals surface area contributed by atoms with Gasteiger partial charge >= 0.3 is 137 Å². The molecule has 25 heavy (non-hydrogen) atoms. The van der Waals surface area contributed by atoms with Gasteiger partial charge in [0, 0.05) is 12.5 Å². The van der Waals surface area contributed by atoms with Crippen molar-refractivity contribution in [2.45, 2.75) is 20.3 Å². The molecule has 128 valence electrons. The average Bonchev–Trinajstić information content (AvgIpc) is 2.49. The summed E-state index contributed by atoms with van der Waals surface area (Å²) < 4.78 is 0. The monoisotopic (exact) mass is 414 g/mol. The molecular formula is C16H24CaKNaO6. The van der Waals surface area contributed by atoms with Gasteiger partial charge in [-0.3, -0.25) is 4.79 Å². The van der Waals surface area contributed by atoms with Crippen LogP contribution in [0.5, 0.6) is 0 Å². The molecule has 1 rings (SSSR count). The molecule has 0 fully saturated rings. The van der Waals surface area contributed by atoms with Gasteiger partial charge in [0.05, 0.1) is 5.56 Å². The quantitative estimate of drug-likeness (QED) is 0.278. The standard InChI is InChI=1S/C7H6O2.C6H8O2.C3H6O2.Ca.K.Na.4H/c8-7(9)6-4-2-1-3-5-6;1-2-3-4-5-6(7)8;1-2-3(4)5;;;;;;;/h1-5H,(H,8,9);2-5H,1H3,(H,7,8);2H2,1H3,(H,4,5);;;;;;;/q;;;+2;2*+1;4*-1/b;3-2+,5-4+;;;;;;;;. The SMILES string of the molecule is C/C=C/C=C/C(=O)O.CCC(=O)O.O=C(O)c1ccccc1.[Ca+2].[H-].[H-].[H-].[H-].[K+].[Na+]. The minimum atomic E-state index is -0.914. The Morgan fingerprint density at radius 2 is 1.48 bits per heavy atom. The predicted octanol–water partition coefficient (Wildman–Crippen LogP) is -2.85. The molecule has 0 saturated carbocycles. The van der Waals surface area contributed by atoms with Crippen molar-refractivity contribution in [3.63, 3.8) is 0 Å². The van der Waals surface area contributed by atoms with Gasteiger partial charge in [0.2, 0.25) is 0 Å². The molecule has 0 aromatic heterocycles. The molecule has 9 heteroatoms. The van der Waals surface area contributed by atoms with Crippen LogP contribution in [-0.2, 0) is 9.59 Å². The predicted molar refractivity (Wildman–Crippen MR) is 93.1 cm³/mol. The normalized spacial score (nSPS) is 8.24. The van der Waals surface area contributed by atoms with Crippen LogP contribution in [0.4, 0.5) is 0 Å². The first kappa shape index (κ1) is 36.9. The Kier molecular flexibility index (Phi) is 40.1. The molecule has 3 N–H and O–H groups in total. The summed E-state index contributed by atoms with van der Waals surface area (Å²) in [5, 5.41) is 24.1. The summed E-state index contributed by atoms with van der Waals surface area (Å²) >= 11 is 0. The molecule has 0 aliphatic rings. The Bertz CT molecular complexity index is 537. The van der Waals surface area contributed by atoms with Crippen molar-refractivity contribution in [2.24, 2.45) is 0 Å². The summed E-state index contributed by atoms with van der Waals surface area (Å²) in [5.41, 5.74) is 0.331. The third kappa shape index (κ3) is 33.1. The Balaban J connectivity index is -0.0000000271. The minimum absolute atomic E-state index is 0. The van der Waals surface area contributed by atoms with E-state index in [-0.39, 0.29) is 131 Å². The number of aliphatic carboxylic acids is 2. The van der Waals surface area contributed by atoms with E-state index in [1.165, 1.54) is 6.08 Å². The molecule has 0 unspecified atom stereocenters. The average molecular weight is 415 g/mol. The molecule has 0 amide bonds. The number of carbonyl (C=O) groups is 3. The number of aromatic carboxylic acids is 1. The summed E-state index contributed by atoms with van der Waals surface area (Å²) in [4.78, 5) is 29.3. The second-order valence-electron chi connectivity index (χ2n) is 3.64. The maximum Gasteiger partial charge on any atom is 2.00 e. The van der Waals surface area contributed by atoms with Crippen LogP contribution in [0.1, 0.15) is 36.3 Å². The second kappa shape index (κ2) is 27.2. The largest absolute Gasteiger partial charge is 2.00 e. The molecule has 0 bridgehead atoms. The van der Waals surface area contributed by atoms with Crippen molar-refractivity contribution in [1.82, 2.24) is 0 Å². The number of allylic oxidation sites excluding steroid dienone is 3. The first-order valence-electron chi connectivity index (χ1n) is 6.37. The molecule has 0 aliphatic carbocycles. The Hall–Kier alpha value is 1.01. The van der Waals surface area contributed by atoms with E-state index in [4.69, 9.17) is 15.3 Å². The van der Waals surface area contributed by atoms with Gasteiger partial charge in [-0.1, -0.05) is 43.4 Å². The van der Waals surface area contributed by atoms with E-state index in [9.17, 15) is 14.4 Å². The van der Waals surface area contributed by atoms with E-state index >= 15 is 0 Å². The van der Waals surface area contributed by atoms with Gasteiger partial charge < -0.3 is 21.0 Å². The van der Waals surface area contributed by atoms with Crippen molar-refractivity contribution in [3.8, 4) is 0 Å². The van der Waals surface area contributed by atoms with Crippen molar-refractivity contribution in [2.75, 3.05) is 0 Å². The van der Waals surface area contributed by atoms with Gasteiger partial charge in [-0.25, -0.2) is 9.59 Å². The van der Waals surface area contributed by atoms with Gasteiger partial charge in [-0.05, 0) is 19.1 Å². The van der Waals surface area contributed by atoms with Crippen molar-refractivity contribution >= 4 is 55.6 Å².